The zero-order valence-corrected chi connectivity index (χ0v) is 17.7. The van der Waals surface area contributed by atoms with Crippen LogP contribution in [-0.4, -0.2) is 34.3 Å². The number of hydrogen-bond acceptors (Lipinski definition) is 3. The number of rotatable bonds is 9. The summed E-state index contributed by atoms with van der Waals surface area (Å²) in [5, 5.41) is 15.2. The van der Waals surface area contributed by atoms with Crippen LogP contribution in [0.5, 0.6) is 0 Å². The Morgan fingerprint density at radius 3 is 2.71 bits per heavy atom. The van der Waals surface area contributed by atoms with Gasteiger partial charge in [-0.2, -0.15) is 0 Å². The minimum atomic E-state index is 0. The molecule has 2 heterocycles. The van der Waals surface area contributed by atoms with E-state index in [0.29, 0.717) is 6.54 Å². The first kappa shape index (κ1) is 21.2. The molecule has 0 radical (unpaired) electrons. The molecule has 0 bridgehead atoms. The van der Waals surface area contributed by atoms with Crippen molar-refractivity contribution in [3.8, 4) is 0 Å². The Kier molecular flexibility index (Phi) is 10.3. The summed E-state index contributed by atoms with van der Waals surface area (Å²) in [6.45, 7) is 7.28. The lowest BCUT2D eigenvalue weighted by Crippen LogP contribution is -2.37. The molecular formula is C17H33IN6. The summed E-state index contributed by atoms with van der Waals surface area (Å²) in [5.74, 6) is 3.80. The van der Waals surface area contributed by atoms with Gasteiger partial charge in [-0.05, 0) is 18.8 Å². The molecule has 0 unspecified atom stereocenters. The molecule has 0 saturated carbocycles. The van der Waals surface area contributed by atoms with E-state index in [2.05, 4.69) is 44.2 Å². The van der Waals surface area contributed by atoms with Crippen LogP contribution < -0.4 is 10.6 Å². The predicted octanol–water partition coefficient (Wildman–Crippen LogP) is 3.11. The summed E-state index contributed by atoms with van der Waals surface area (Å²) >= 11 is 0. The van der Waals surface area contributed by atoms with Crippen molar-refractivity contribution < 1.29 is 0 Å². The fourth-order valence-corrected chi connectivity index (χ4v) is 2.96. The highest BCUT2D eigenvalue weighted by atomic mass is 127. The molecule has 2 N–H and O–H groups in total. The van der Waals surface area contributed by atoms with Crippen LogP contribution in [0, 0.1) is 5.92 Å². The third kappa shape index (κ3) is 6.94. The molecule has 1 aliphatic heterocycles. The first-order valence-corrected chi connectivity index (χ1v) is 9.06. The monoisotopic (exact) mass is 448 g/mol. The van der Waals surface area contributed by atoms with Crippen LogP contribution in [0.25, 0.3) is 0 Å². The highest BCUT2D eigenvalue weighted by Crippen LogP contribution is 2.13. The van der Waals surface area contributed by atoms with Crippen LogP contribution >= 0.6 is 24.0 Å². The number of unbranched alkanes of at least 4 members (excludes halogenated alkanes) is 3. The van der Waals surface area contributed by atoms with Crippen LogP contribution in [0.2, 0.25) is 0 Å². The normalized spacial score (nSPS) is 13.8. The maximum Gasteiger partial charge on any atom is 0.191 e. The van der Waals surface area contributed by atoms with Crippen LogP contribution in [0.15, 0.2) is 4.99 Å². The molecule has 2 rings (SSSR count). The Balaban J connectivity index is 0.00000288. The van der Waals surface area contributed by atoms with Gasteiger partial charge < -0.3 is 15.2 Å². The number of aryl methyl sites for hydroxylation is 1. The van der Waals surface area contributed by atoms with E-state index in [4.69, 9.17) is 0 Å². The molecule has 7 heteroatoms. The van der Waals surface area contributed by atoms with E-state index >= 15 is 0 Å². The van der Waals surface area contributed by atoms with E-state index < -0.39 is 0 Å². The molecule has 1 aromatic heterocycles. The van der Waals surface area contributed by atoms with Crippen molar-refractivity contribution in [2.24, 2.45) is 10.9 Å². The summed E-state index contributed by atoms with van der Waals surface area (Å²) in [6.07, 6.45) is 8.74. The average molecular weight is 448 g/mol. The molecule has 0 spiro atoms. The molecule has 1 aliphatic rings. The second-order valence-corrected chi connectivity index (χ2v) is 6.74. The third-order valence-corrected chi connectivity index (χ3v) is 4.32. The molecule has 0 aromatic carbocycles. The van der Waals surface area contributed by atoms with Gasteiger partial charge >= 0.3 is 0 Å². The summed E-state index contributed by atoms with van der Waals surface area (Å²) in [6, 6.07) is 0. The molecular weight excluding hydrogens is 415 g/mol. The van der Waals surface area contributed by atoms with Gasteiger partial charge in [0.05, 0.1) is 6.54 Å². The van der Waals surface area contributed by atoms with E-state index in [0.717, 1.165) is 43.0 Å². The lowest BCUT2D eigenvalue weighted by molar-refractivity contribution is 0.518. The molecule has 138 valence electrons. The van der Waals surface area contributed by atoms with Gasteiger partial charge in [-0.15, -0.1) is 34.2 Å². The number of halogens is 1. The number of aliphatic imine (C=N–C) groups is 1. The highest BCUT2D eigenvalue weighted by Gasteiger charge is 2.16. The Hall–Kier alpha value is -0.860. The van der Waals surface area contributed by atoms with Gasteiger partial charge in [0, 0.05) is 26.6 Å². The molecule has 0 atom stereocenters. The van der Waals surface area contributed by atoms with E-state index in [1.54, 1.807) is 0 Å². The van der Waals surface area contributed by atoms with E-state index in [9.17, 15) is 0 Å². The summed E-state index contributed by atoms with van der Waals surface area (Å²) in [5.41, 5.74) is 0. The van der Waals surface area contributed by atoms with E-state index in [-0.39, 0.29) is 24.0 Å². The summed E-state index contributed by atoms with van der Waals surface area (Å²) in [4.78, 5) is 4.28. The van der Waals surface area contributed by atoms with Gasteiger partial charge in [-0.1, -0.05) is 39.5 Å². The standard InChI is InChI=1S/C17H32N6.HI/c1-14(2)9-6-4-5-7-11-19-17(18-3)20-13-16-22-21-15-10-8-12-23(15)16;/h14H,4-13H2,1-3H3,(H2,18,19,20);1H. The minimum absolute atomic E-state index is 0. The first-order chi connectivity index (χ1) is 11.2. The quantitative estimate of drug-likeness (QED) is 0.264. The first-order valence-electron chi connectivity index (χ1n) is 9.06. The van der Waals surface area contributed by atoms with Crippen LogP contribution in [-0.2, 0) is 19.5 Å². The molecule has 6 nitrogen and oxygen atoms in total. The Bertz CT molecular complexity index is 497. The number of guanidine groups is 1. The molecule has 0 fully saturated rings. The van der Waals surface area contributed by atoms with Gasteiger partial charge in [-0.25, -0.2) is 0 Å². The number of hydrogen-bond donors (Lipinski definition) is 2. The fraction of sp³-hybridized carbons (Fsp3) is 0.824. The van der Waals surface area contributed by atoms with Crippen molar-refractivity contribution in [3.05, 3.63) is 11.6 Å². The Morgan fingerprint density at radius 2 is 1.96 bits per heavy atom. The average Bonchev–Trinajstić information content (AvgIpc) is 3.13. The van der Waals surface area contributed by atoms with Crippen molar-refractivity contribution in [1.29, 1.82) is 0 Å². The van der Waals surface area contributed by atoms with Gasteiger partial charge in [-0.3, -0.25) is 4.99 Å². The third-order valence-electron chi connectivity index (χ3n) is 4.32. The Labute approximate surface area is 163 Å². The van der Waals surface area contributed by atoms with E-state index in [1.165, 1.54) is 38.5 Å². The molecule has 0 amide bonds. The van der Waals surface area contributed by atoms with Gasteiger partial charge in [0.2, 0.25) is 0 Å². The van der Waals surface area contributed by atoms with Crippen LogP contribution in [0.3, 0.4) is 0 Å². The largest absolute Gasteiger partial charge is 0.356 e. The van der Waals surface area contributed by atoms with Gasteiger partial charge in [0.1, 0.15) is 5.82 Å². The molecule has 1 aromatic rings. The number of nitrogens with one attached hydrogen (secondary N) is 2. The van der Waals surface area contributed by atoms with Gasteiger partial charge in [0.25, 0.3) is 0 Å². The maximum absolute atomic E-state index is 4.28. The van der Waals surface area contributed by atoms with Crippen LogP contribution in [0.4, 0.5) is 0 Å². The molecule has 24 heavy (non-hydrogen) atoms. The predicted molar refractivity (Wildman–Crippen MR) is 110 cm³/mol. The number of aromatic nitrogens is 3. The second-order valence-electron chi connectivity index (χ2n) is 6.74. The second kappa shape index (κ2) is 11.7. The van der Waals surface area contributed by atoms with Crippen molar-refractivity contribution in [2.45, 2.75) is 71.9 Å². The topological polar surface area (TPSA) is 67.1 Å². The highest BCUT2D eigenvalue weighted by molar-refractivity contribution is 14.0. The van der Waals surface area contributed by atoms with E-state index in [1.807, 2.05) is 7.05 Å². The lowest BCUT2D eigenvalue weighted by Gasteiger charge is -2.12. The minimum Gasteiger partial charge on any atom is -0.356 e. The van der Waals surface area contributed by atoms with Crippen molar-refractivity contribution in [1.82, 2.24) is 25.4 Å². The zero-order valence-electron chi connectivity index (χ0n) is 15.3. The van der Waals surface area contributed by atoms with Crippen molar-refractivity contribution >= 4 is 29.9 Å². The maximum atomic E-state index is 4.28. The SMILES string of the molecule is CN=C(NCCCCCCC(C)C)NCc1nnc2n1CCC2.I. The fourth-order valence-electron chi connectivity index (χ4n) is 2.96. The summed E-state index contributed by atoms with van der Waals surface area (Å²) in [7, 11) is 1.81. The number of nitrogens with zero attached hydrogens (tertiary/aromatic N) is 4. The summed E-state index contributed by atoms with van der Waals surface area (Å²) < 4.78 is 2.22. The Morgan fingerprint density at radius 1 is 1.17 bits per heavy atom. The smallest absolute Gasteiger partial charge is 0.191 e. The van der Waals surface area contributed by atoms with Crippen molar-refractivity contribution in [2.75, 3.05) is 13.6 Å². The van der Waals surface area contributed by atoms with Gasteiger partial charge in [0.15, 0.2) is 11.8 Å². The molecule has 0 aliphatic carbocycles. The van der Waals surface area contributed by atoms with Crippen LogP contribution in [0.1, 0.15) is 64.0 Å². The van der Waals surface area contributed by atoms with Crippen molar-refractivity contribution in [3.63, 3.8) is 0 Å². The molecule has 0 saturated heterocycles. The zero-order chi connectivity index (χ0) is 16.5. The lowest BCUT2D eigenvalue weighted by atomic mass is 10.0. The number of fused-ring (bicyclic) bond motifs is 1.